The Morgan fingerprint density at radius 1 is 1.23 bits per heavy atom. The van der Waals surface area contributed by atoms with E-state index in [1.165, 1.54) is 0 Å². The number of hydrazone groups is 1. The van der Waals surface area contributed by atoms with Crippen LogP contribution < -0.4 is 10.2 Å². The minimum atomic E-state index is -0.122. The Morgan fingerprint density at radius 2 is 1.95 bits per heavy atom. The second-order valence-corrected chi connectivity index (χ2v) is 6.14. The monoisotopic (exact) mass is 300 g/mol. The molecule has 0 saturated heterocycles. The first-order valence-electron chi connectivity index (χ1n) is 7.09. The second kappa shape index (κ2) is 6.58. The van der Waals surface area contributed by atoms with Gasteiger partial charge in [-0.25, -0.2) is 5.43 Å². The fourth-order valence-electron chi connectivity index (χ4n) is 2.22. The van der Waals surface area contributed by atoms with Crippen molar-refractivity contribution in [2.24, 2.45) is 5.10 Å². The summed E-state index contributed by atoms with van der Waals surface area (Å²) in [6, 6.07) is 11.9. The van der Waals surface area contributed by atoms with Crippen molar-refractivity contribution >= 4 is 22.9 Å². The molecule has 0 atom stereocenters. The molecule has 1 N–H and O–H groups in total. The van der Waals surface area contributed by atoms with E-state index < -0.39 is 0 Å². The van der Waals surface area contributed by atoms with Crippen molar-refractivity contribution in [3.05, 3.63) is 42.0 Å². The van der Waals surface area contributed by atoms with Crippen molar-refractivity contribution in [2.45, 2.75) is 0 Å². The molecule has 5 nitrogen and oxygen atoms in total. The molecule has 2 aromatic carbocycles. The summed E-state index contributed by atoms with van der Waals surface area (Å²) in [4.78, 5) is 11.8. The Balaban J connectivity index is 2.23. The molecule has 0 bridgehead atoms. The van der Waals surface area contributed by atoms with Crippen LogP contribution in [0.25, 0.3) is 10.8 Å². The molecule has 0 aliphatic carbocycles. The lowest BCUT2D eigenvalue weighted by molar-refractivity contribution is -0.862. The fraction of sp³-hybridized carbons (Fsp3) is 0.294. The molecule has 2 rings (SSSR count). The molecular formula is C17H22N3O2+. The van der Waals surface area contributed by atoms with Crippen LogP contribution in [0, 0.1) is 0 Å². The van der Waals surface area contributed by atoms with E-state index in [1.54, 1.807) is 13.3 Å². The number of fused-ring (bicyclic) bond motifs is 1. The van der Waals surface area contributed by atoms with Crippen molar-refractivity contribution < 1.29 is 14.0 Å². The van der Waals surface area contributed by atoms with Gasteiger partial charge in [0.05, 0.1) is 34.5 Å². The molecule has 0 spiro atoms. The van der Waals surface area contributed by atoms with Crippen LogP contribution in [-0.4, -0.2) is 51.4 Å². The highest BCUT2D eigenvalue weighted by Crippen LogP contribution is 2.26. The first kappa shape index (κ1) is 16.0. The summed E-state index contributed by atoms with van der Waals surface area (Å²) in [7, 11) is 7.49. The largest absolute Gasteiger partial charge is 0.496 e. The van der Waals surface area contributed by atoms with E-state index in [0.29, 0.717) is 11.0 Å². The lowest BCUT2D eigenvalue weighted by atomic mass is 10.0. The van der Waals surface area contributed by atoms with Crippen LogP contribution in [0.15, 0.2) is 41.5 Å². The fourth-order valence-corrected chi connectivity index (χ4v) is 2.22. The average molecular weight is 300 g/mol. The van der Waals surface area contributed by atoms with Gasteiger partial charge in [0, 0.05) is 5.56 Å². The van der Waals surface area contributed by atoms with Crippen LogP contribution in [0.5, 0.6) is 5.75 Å². The number of ether oxygens (including phenoxy) is 1. The number of methoxy groups -OCH3 is 1. The molecule has 1 amide bonds. The molecule has 0 saturated carbocycles. The van der Waals surface area contributed by atoms with Crippen molar-refractivity contribution in [3.63, 3.8) is 0 Å². The highest BCUT2D eigenvalue weighted by molar-refractivity contribution is 6.02. The molecule has 0 radical (unpaired) electrons. The van der Waals surface area contributed by atoms with E-state index >= 15 is 0 Å². The molecule has 5 heteroatoms. The summed E-state index contributed by atoms with van der Waals surface area (Å²) in [6.07, 6.45) is 1.63. The standard InChI is InChI=1S/C17H21N3O2/c1-20(2,3)12-17(21)19-18-11-15-14-8-6-5-7-13(14)9-10-16(15)22-4/h5-11H,12H2,1-4H3/p+1/b18-11-. The summed E-state index contributed by atoms with van der Waals surface area (Å²) >= 11 is 0. The highest BCUT2D eigenvalue weighted by Gasteiger charge is 2.13. The van der Waals surface area contributed by atoms with Gasteiger partial charge in [0.25, 0.3) is 5.91 Å². The van der Waals surface area contributed by atoms with Gasteiger partial charge in [-0.05, 0) is 16.8 Å². The zero-order valence-corrected chi connectivity index (χ0v) is 13.5. The lowest BCUT2D eigenvalue weighted by Gasteiger charge is -2.22. The van der Waals surface area contributed by atoms with Crippen LogP contribution in [-0.2, 0) is 4.79 Å². The summed E-state index contributed by atoms with van der Waals surface area (Å²) in [5.41, 5.74) is 3.42. The number of carbonyl (C=O) groups excluding carboxylic acids is 1. The van der Waals surface area contributed by atoms with E-state index in [2.05, 4.69) is 10.5 Å². The van der Waals surface area contributed by atoms with Crippen molar-refractivity contribution in [1.29, 1.82) is 0 Å². The number of hydrogen-bond acceptors (Lipinski definition) is 3. The third-order valence-corrected chi connectivity index (χ3v) is 3.15. The van der Waals surface area contributed by atoms with Gasteiger partial charge in [-0.3, -0.25) is 4.79 Å². The maximum atomic E-state index is 11.8. The third kappa shape index (κ3) is 4.05. The Labute approximate surface area is 130 Å². The van der Waals surface area contributed by atoms with Crippen molar-refractivity contribution in [2.75, 3.05) is 34.8 Å². The predicted molar refractivity (Wildman–Crippen MR) is 89.1 cm³/mol. The van der Waals surface area contributed by atoms with Gasteiger partial charge in [-0.2, -0.15) is 5.10 Å². The Hall–Kier alpha value is -2.40. The molecule has 0 unspecified atom stereocenters. The number of quaternary nitrogens is 1. The zero-order valence-electron chi connectivity index (χ0n) is 13.5. The number of nitrogens with zero attached hydrogens (tertiary/aromatic N) is 2. The number of amides is 1. The van der Waals surface area contributed by atoms with E-state index in [4.69, 9.17) is 4.74 Å². The number of nitrogens with one attached hydrogen (secondary N) is 1. The third-order valence-electron chi connectivity index (χ3n) is 3.15. The van der Waals surface area contributed by atoms with Crippen LogP contribution in [0.4, 0.5) is 0 Å². The number of benzene rings is 2. The van der Waals surface area contributed by atoms with Crippen molar-refractivity contribution in [3.8, 4) is 5.75 Å². The molecule has 0 aromatic heterocycles. The quantitative estimate of drug-likeness (QED) is 0.522. The summed E-state index contributed by atoms with van der Waals surface area (Å²) in [5.74, 6) is 0.603. The van der Waals surface area contributed by atoms with E-state index in [-0.39, 0.29) is 5.91 Å². The van der Waals surface area contributed by atoms with Gasteiger partial charge in [-0.15, -0.1) is 0 Å². The first-order chi connectivity index (χ1) is 10.4. The smallest absolute Gasteiger partial charge is 0.295 e. The SMILES string of the molecule is COc1ccc2ccccc2c1/C=N\NC(=O)C[N+](C)(C)C. The molecule has 0 fully saturated rings. The van der Waals surface area contributed by atoms with Gasteiger partial charge in [0.15, 0.2) is 6.54 Å². The minimum absolute atomic E-state index is 0.122. The summed E-state index contributed by atoms with van der Waals surface area (Å²) < 4.78 is 5.94. The molecule has 0 aliphatic heterocycles. The maximum absolute atomic E-state index is 11.8. The summed E-state index contributed by atoms with van der Waals surface area (Å²) in [6.45, 7) is 0.365. The topological polar surface area (TPSA) is 50.7 Å². The van der Waals surface area contributed by atoms with E-state index in [0.717, 1.165) is 22.1 Å². The minimum Gasteiger partial charge on any atom is -0.496 e. The van der Waals surface area contributed by atoms with E-state index in [1.807, 2.05) is 57.5 Å². The van der Waals surface area contributed by atoms with Gasteiger partial charge in [0.1, 0.15) is 5.75 Å². The molecule has 0 aliphatic rings. The normalized spacial score (nSPS) is 11.8. The maximum Gasteiger partial charge on any atom is 0.295 e. The Bertz CT molecular complexity index is 703. The van der Waals surface area contributed by atoms with Crippen LogP contribution in [0.1, 0.15) is 5.56 Å². The molecular weight excluding hydrogens is 278 g/mol. The Morgan fingerprint density at radius 3 is 2.64 bits per heavy atom. The van der Waals surface area contributed by atoms with Crippen LogP contribution in [0.3, 0.4) is 0 Å². The number of rotatable bonds is 5. The molecule has 2 aromatic rings. The Kier molecular flexibility index (Phi) is 4.78. The van der Waals surface area contributed by atoms with Gasteiger partial charge in [-0.1, -0.05) is 30.3 Å². The molecule has 0 heterocycles. The molecule has 22 heavy (non-hydrogen) atoms. The first-order valence-corrected chi connectivity index (χ1v) is 7.09. The lowest BCUT2D eigenvalue weighted by Crippen LogP contribution is -2.43. The van der Waals surface area contributed by atoms with Crippen LogP contribution >= 0.6 is 0 Å². The highest BCUT2D eigenvalue weighted by atomic mass is 16.5. The predicted octanol–water partition coefficient (Wildman–Crippen LogP) is 2.00. The van der Waals surface area contributed by atoms with Gasteiger partial charge < -0.3 is 9.22 Å². The number of hydrogen-bond donors (Lipinski definition) is 1. The zero-order chi connectivity index (χ0) is 16.2. The van der Waals surface area contributed by atoms with Crippen molar-refractivity contribution in [1.82, 2.24) is 5.43 Å². The van der Waals surface area contributed by atoms with E-state index in [9.17, 15) is 4.79 Å². The number of likely N-dealkylation sites (N-methyl/N-ethyl adjacent to an activating group) is 1. The van der Waals surface area contributed by atoms with Gasteiger partial charge in [0.2, 0.25) is 0 Å². The molecule has 116 valence electrons. The van der Waals surface area contributed by atoms with Crippen LogP contribution in [0.2, 0.25) is 0 Å². The average Bonchev–Trinajstić information content (AvgIpc) is 2.45. The summed E-state index contributed by atoms with van der Waals surface area (Å²) in [5, 5.41) is 6.20. The second-order valence-electron chi connectivity index (χ2n) is 6.14. The number of carbonyl (C=O) groups is 1. The van der Waals surface area contributed by atoms with Gasteiger partial charge >= 0.3 is 0 Å².